The van der Waals surface area contributed by atoms with Crippen molar-refractivity contribution < 1.29 is 37.9 Å². The monoisotopic (exact) mass is 642 g/mol. The number of nitrogens with one attached hydrogen (secondary N) is 1. The van der Waals surface area contributed by atoms with Gasteiger partial charge in [-0.05, 0) is 30.7 Å². The number of aliphatic carboxylic acids is 1. The molecule has 5 aromatic rings. The van der Waals surface area contributed by atoms with Crippen molar-refractivity contribution in [2.24, 2.45) is 5.73 Å². The molecule has 3 aromatic carbocycles. The molecule has 14 heteroatoms. The second-order valence-electron chi connectivity index (χ2n) is 11.3. The van der Waals surface area contributed by atoms with Crippen LogP contribution in [0.3, 0.4) is 0 Å². The quantitative estimate of drug-likeness (QED) is 0.206. The maximum atomic E-state index is 15.9. The smallest absolute Gasteiger partial charge is 0.323 e. The Balaban J connectivity index is 1.25. The molecule has 0 saturated carbocycles. The number of aromatic nitrogens is 3. The zero-order valence-corrected chi connectivity index (χ0v) is 24.9. The Labute approximate surface area is 265 Å². The number of amides is 3. The third-order valence-electron chi connectivity index (χ3n) is 8.18. The minimum absolute atomic E-state index is 0.0311. The maximum absolute atomic E-state index is 15.9. The fourth-order valence-corrected chi connectivity index (χ4v) is 6.04. The average molecular weight is 643 g/mol. The molecule has 3 heterocycles. The number of carboxylic acid groups (broad SMARTS) is 1. The minimum Gasteiger partial charge on any atom is -0.480 e. The second kappa shape index (κ2) is 12.1. The van der Waals surface area contributed by atoms with Crippen LogP contribution in [0.5, 0.6) is 0 Å². The lowest BCUT2D eigenvalue weighted by molar-refractivity contribution is -0.137. The first-order chi connectivity index (χ1) is 22.4. The zero-order valence-electron chi connectivity index (χ0n) is 24.9. The van der Waals surface area contributed by atoms with Gasteiger partial charge in [-0.25, -0.2) is 8.78 Å². The number of ketones is 1. The van der Waals surface area contributed by atoms with Gasteiger partial charge in [-0.2, -0.15) is 5.10 Å². The number of nitrogens with two attached hydrogens (primary N) is 1. The Morgan fingerprint density at radius 3 is 2.49 bits per heavy atom. The van der Waals surface area contributed by atoms with E-state index in [2.05, 4.69) is 10.4 Å². The van der Waals surface area contributed by atoms with Crippen LogP contribution in [0, 0.1) is 5.82 Å². The van der Waals surface area contributed by atoms with E-state index in [4.69, 9.17) is 5.73 Å². The van der Waals surface area contributed by atoms with Gasteiger partial charge in [0.1, 0.15) is 25.3 Å². The van der Waals surface area contributed by atoms with Crippen LogP contribution in [0.15, 0.2) is 66.9 Å². The van der Waals surface area contributed by atoms with Crippen molar-refractivity contribution in [3.8, 4) is 11.1 Å². The average Bonchev–Trinajstić information content (AvgIpc) is 3.71. The summed E-state index contributed by atoms with van der Waals surface area (Å²) in [5.74, 6) is -4.40. The number of para-hydroxylation sites is 1. The molecule has 6 rings (SSSR count). The number of likely N-dealkylation sites (tertiary alicyclic amines) is 1. The fraction of sp³-hybridized carbons (Fsp3) is 0.212. The molecule has 2 aromatic heterocycles. The van der Waals surface area contributed by atoms with Crippen LogP contribution in [0.4, 0.5) is 14.5 Å². The highest BCUT2D eigenvalue weighted by Gasteiger charge is 2.40. The Bertz CT molecular complexity index is 2120. The Hall–Kier alpha value is -5.92. The number of hydrogen-bond donors (Lipinski definition) is 3. The van der Waals surface area contributed by atoms with Gasteiger partial charge >= 0.3 is 5.97 Å². The SMILES string of the molecule is CC(=O)c1cn(CC(=O)O)c2cc(-c3cccc(NC(=O)[C@@H]4C[C@@H](F)CN4C(=O)Cn4nc(C(N)=O)c5ccccc54)c3F)ccc12. The van der Waals surface area contributed by atoms with Gasteiger partial charge in [0.05, 0.1) is 17.7 Å². The summed E-state index contributed by atoms with van der Waals surface area (Å²) >= 11 is 0. The van der Waals surface area contributed by atoms with Gasteiger partial charge in [-0.1, -0.05) is 42.5 Å². The number of carboxylic acids is 1. The fourth-order valence-electron chi connectivity index (χ4n) is 6.04. The van der Waals surface area contributed by atoms with Crippen molar-refractivity contribution in [2.75, 3.05) is 11.9 Å². The van der Waals surface area contributed by atoms with Crippen LogP contribution in [-0.2, 0) is 27.5 Å². The van der Waals surface area contributed by atoms with E-state index in [1.54, 1.807) is 42.5 Å². The number of nitrogens with zero attached hydrogens (tertiary/aromatic N) is 4. The van der Waals surface area contributed by atoms with Crippen LogP contribution in [0.2, 0.25) is 0 Å². The van der Waals surface area contributed by atoms with Gasteiger partial charge in [0.15, 0.2) is 17.3 Å². The number of rotatable bonds is 9. The zero-order chi connectivity index (χ0) is 33.6. The number of alkyl halides is 1. The van der Waals surface area contributed by atoms with E-state index in [1.165, 1.54) is 40.6 Å². The van der Waals surface area contributed by atoms with Gasteiger partial charge in [0.2, 0.25) is 11.8 Å². The molecule has 0 spiro atoms. The van der Waals surface area contributed by atoms with Crippen molar-refractivity contribution >= 4 is 57.0 Å². The summed E-state index contributed by atoms with van der Waals surface area (Å²) in [6, 6.07) is 14.4. The Morgan fingerprint density at radius 1 is 1.00 bits per heavy atom. The van der Waals surface area contributed by atoms with E-state index in [-0.39, 0.29) is 35.7 Å². The first-order valence-corrected chi connectivity index (χ1v) is 14.6. The number of anilines is 1. The summed E-state index contributed by atoms with van der Waals surface area (Å²) in [5.41, 5.74) is 6.82. The molecule has 4 N–H and O–H groups in total. The van der Waals surface area contributed by atoms with E-state index in [9.17, 15) is 33.5 Å². The molecular formula is C33H28F2N6O6. The Kier molecular flexibility index (Phi) is 8.01. The molecule has 0 bridgehead atoms. The molecule has 1 saturated heterocycles. The van der Waals surface area contributed by atoms with E-state index >= 15 is 4.39 Å². The standard InChI is InChI=1S/C33H28F2N6O6/c1-17(42)23-14-39(16-29(44)45)26-11-18(9-10-21(23)26)20-6-4-7-24(30(20)35)37-33(47)27-12-19(34)13-40(27)28(43)15-41-25-8-3-2-5-22(25)31(38-41)32(36)46/h2-11,14,19,27H,12-13,15-16H2,1H3,(H2,36,46)(H,37,47)(H,44,45)/t19-,27+/m1/s1. The molecule has 240 valence electrons. The maximum Gasteiger partial charge on any atom is 0.323 e. The predicted molar refractivity (Wildman–Crippen MR) is 167 cm³/mol. The van der Waals surface area contributed by atoms with E-state index < -0.39 is 54.8 Å². The summed E-state index contributed by atoms with van der Waals surface area (Å²) in [7, 11) is 0. The highest BCUT2D eigenvalue weighted by molar-refractivity contribution is 6.08. The Morgan fingerprint density at radius 2 is 1.77 bits per heavy atom. The number of Topliss-reactive ketones (excluding diaryl/α,β-unsaturated/α-hetero) is 1. The summed E-state index contributed by atoms with van der Waals surface area (Å²) in [4.78, 5) is 63.3. The number of benzene rings is 3. The van der Waals surface area contributed by atoms with Crippen molar-refractivity contribution in [2.45, 2.75) is 38.6 Å². The third-order valence-corrected chi connectivity index (χ3v) is 8.18. The normalized spacial score (nSPS) is 16.1. The molecule has 2 atom stereocenters. The van der Waals surface area contributed by atoms with Crippen LogP contribution >= 0.6 is 0 Å². The van der Waals surface area contributed by atoms with Crippen molar-refractivity contribution in [1.82, 2.24) is 19.2 Å². The summed E-state index contributed by atoms with van der Waals surface area (Å²) in [5, 5.41) is 16.9. The van der Waals surface area contributed by atoms with Crippen molar-refractivity contribution in [3.05, 3.63) is 83.9 Å². The topological polar surface area (TPSA) is 170 Å². The lowest BCUT2D eigenvalue weighted by Crippen LogP contribution is -2.44. The summed E-state index contributed by atoms with van der Waals surface area (Å²) < 4.78 is 33.2. The molecule has 12 nitrogen and oxygen atoms in total. The van der Waals surface area contributed by atoms with Gasteiger partial charge in [-0.15, -0.1) is 0 Å². The van der Waals surface area contributed by atoms with Crippen molar-refractivity contribution in [1.29, 1.82) is 0 Å². The highest BCUT2D eigenvalue weighted by Crippen LogP contribution is 2.33. The number of halogens is 2. The number of primary amides is 1. The van der Waals surface area contributed by atoms with Crippen LogP contribution in [0.1, 0.15) is 34.2 Å². The molecule has 1 aliphatic rings. The van der Waals surface area contributed by atoms with Gasteiger partial charge < -0.3 is 25.6 Å². The molecule has 0 aliphatic carbocycles. The number of carbonyl (C=O) groups excluding carboxylic acids is 4. The lowest BCUT2D eigenvalue weighted by atomic mass is 10.0. The van der Waals surface area contributed by atoms with Crippen molar-refractivity contribution in [3.63, 3.8) is 0 Å². The van der Waals surface area contributed by atoms with Gasteiger partial charge in [-0.3, -0.25) is 28.7 Å². The number of carbonyl (C=O) groups is 5. The predicted octanol–water partition coefficient (Wildman–Crippen LogP) is 3.76. The van der Waals surface area contributed by atoms with Gasteiger partial charge in [0.25, 0.3) is 5.91 Å². The molecule has 1 fully saturated rings. The number of fused-ring (bicyclic) bond motifs is 2. The molecular weight excluding hydrogens is 614 g/mol. The summed E-state index contributed by atoms with van der Waals surface area (Å²) in [6.45, 7) is 0.189. The number of hydrogen-bond acceptors (Lipinski definition) is 6. The third kappa shape index (κ3) is 5.80. The van der Waals surface area contributed by atoms with Gasteiger partial charge in [0, 0.05) is 40.0 Å². The highest BCUT2D eigenvalue weighted by atomic mass is 19.1. The molecule has 0 radical (unpaired) electrons. The molecule has 1 aliphatic heterocycles. The van der Waals surface area contributed by atoms with Crippen LogP contribution in [-0.4, -0.2) is 72.6 Å². The largest absolute Gasteiger partial charge is 0.480 e. The molecule has 0 unspecified atom stereocenters. The minimum atomic E-state index is -1.50. The second-order valence-corrected chi connectivity index (χ2v) is 11.3. The molecule has 47 heavy (non-hydrogen) atoms. The lowest BCUT2D eigenvalue weighted by Gasteiger charge is -2.24. The van der Waals surface area contributed by atoms with Crippen LogP contribution < -0.4 is 11.1 Å². The van der Waals surface area contributed by atoms with E-state index in [0.717, 1.165) is 4.90 Å². The van der Waals surface area contributed by atoms with E-state index in [0.29, 0.717) is 32.9 Å². The molecule has 3 amide bonds. The summed E-state index contributed by atoms with van der Waals surface area (Å²) in [6.07, 6.45) is -0.368. The van der Waals surface area contributed by atoms with Crippen LogP contribution in [0.25, 0.3) is 32.9 Å². The first kappa shape index (κ1) is 31.1. The van der Waals surface area contributed by atoms with E-state index in [1.807, 2.05) is 0 Å². The first-order valence-electron chi connectivity index (χ1n) is 14.6.